The molecule has 7 nitrogen and oxygen atoms in total. The molecular weight excluding hydrogens is 274 g/mol. The number of carbonyl (C=O) groups is 2. The molecule has 0 bridgehead atoms. The molecule has 0 radical (unpaired) electrons. The minimum atomic E-state index is -0.497. The normalized spacial score (nSPS) is 17.8. The van der Waals surface area contributed by atoms with E-state index in [1.54, 1.807) is 25.3 Å². The van der Waals surface area contributed by atoms with E-state index in [9.17, 15) is 9.59 Å². The summed E-state index contributed by atoms with van der Waals surface area (Å²) in [5.41, 5.74) is 0.541. The molecule has 1 aliphatic heterocycles. The van der Waals surface area contributed by atoms with E-state index in [0.29, 0.717) is 30.3 Å². The molecule has 1 aromatic rings. The van der Waals surface area contributed by atoms with Crippen molar-refractivity contribution in [2.75, 3.05) is 32.6 Å². The van der Waals surface area contributed by atoms with E-state index in [2.05, 4.69) is 16.0 Å². The van der Waals surface area contributed by atoms with E-state index in [1.807, 2.05) is 0 Å². The number of benzene rings is 1. The molecule has 1 fully saturated rings. The fraction of sp³-hybridized carbons (Fsp3) is 0.429. The zero-order valence-electron chi connectivity index (χ0n) is 12.1. The molecule has 7 heteroatoms. The highest BCUT2D eigenvalue weighted by Gasteiger charge is 2.24. The summed E-state index contributed by atoms with van der Waals surface area (Å²) >= 11 is 0. The van der Waals surface area contributed by atoms with E-state index >= 15 is 0 Å². The van der Waals surface area contributed by atoms with Crippen molar-refractivity contribution in [1.82, 2.24) is 10.6 Å². The highest BCUT2D eigenvalue weighted by Crippen LogP contribution is 2.29. The second kappa shape index (κ2) is 6.94. The van der Waals surface area contributed by atoms with Crippen LogP contribution >= 0.6 is 0 Å². The SMILES string of the molecule is COc1ccc(NC(=O)CC2NCCNC2=O)c(OC)c1. The number of anilines is 1. The minimum Gasteiger partial charge on any atom is -0.497 e. The molecule has 1 atom stereocenters. The number of amides is 2. The Morgan fingerprint density at radius 3 is 2.81 bits per heavy atom. The minimum absolute atomic E-state index is 0.0705. The van der Waals surface area contributed by atoms with Crippen LogP contribution in [0.25, 0.3) is 0 Å². The van der Waals surface area contributed by atoms with Gasteiger partial charge in [0.15, 0.2) is 0 Å². The number of methoxy groups -OCH3 is 2. The van der Waals surface area contributed by atoms with Gasteiger partial charge in [0.2, 0.25) is 11.8 Å². The van der Waals surface area contributed by atoms with Gasteiger partial charge in [0.25, 0.3) is 0 Å². The van der Waals surface area contributed by atoms with Crippen LogP contribution < -0.4 is 25.4 Å². The second-order valence-corrected chi connectivity index (χ2v) is 4.62. The van der Waals surface area contributed by atoms with Crippen LogP contribution in [0.1, 0.15) is 6.42 Å². The molecule has 0 saturated carbocycles. The Labute approximate surface area is 123 Å². The third-order valence-corrected chi connectivity index (χ3v) is 3.20. The zero-order chi connectivity index (χ0) is 15.2. The first-order valence-corrected chi connectivity index (χ1v) is 6.67. The Balaban J connectivity index is 2.00. The standard InChI is InChI=1S/C14H19N3O4/c1-20-9-3-4-10(12(7-9)21-2)17-13(18)8-11-14(19)16-6-5-15-11/h3-4,7,11,15H,5-6,8H2,1-2H3,(H,16,19)(H,17,18). The zero-order valence-corrected chi connectivity index (χ0v) is 12.1. The fourth-order valence-electron chi connectivity index (χ4n) is 2.10. The number of rotatable bonds is 5. The number of hydrogen-bond donors (Lipinski definition) is 3. The van der Waals surface area contributed by atoms with Crippen LogP contribution in [-0.4, -0.2) is 45.2 Å². The van der Waals surface area contributed by atoms with Gasteiger partial charge >= 0.3 is 0 Å². The Bertz CT molecular complexity index is 533. The Hall–Kier alpha value is -2.28. The maximum absolute atomic E-state index is 12.0. The molecule has 0 spiro atoms. The van der Waals surface area contributed by atoms with Gasteiger partial charge in [-0.05, 0) is 12.1 Å². The molecule has 0 aromatic heterocycles. The molecule has 0 aliphatic carbocycles. The number of nitrogens with one attached hydrogen (secondary N) is 3. The summed E-state index contributed by atoms with van der Waals surface area (Å²) in [6.45, 7) is 1.25. The summed E-state index contributed by atoms with van der Waals surface area (Å²) in [6.07, 6.45) is 0.0705. The molecule has 1 unspecified atom stereocenters. The van der Waals surface area contributed by atoms with Crippen molar-refractivity contribution in [3.05, 3.63) is 18.2 Å². The van der Waals surface area contributed by atoms with Crippen LogP contribution in [0.15, 0.2) is 18.2 Å². The van der Waals surface area contributed by atoms with Crippen molar-refractivity contribution in [1.29, 1.82) is 0 Å². The Morgan fingerprint density at radius 2 is 2.14 bits per heavy atom. The summed E-state index contributed by atoms with van der Waals surface area (Å²) < 4.78 is 10.3. The molecule has 1 saturated heterocycles. The van der Waals surface area contributed by atoms with Crippen LogP contribution in [0, 0.1) is 0 Å². The fourth-order valence-corrected chi connectivity index (χ4v) is 2.10. The van der Waals surface area contributed by atoms with Gasteiger partial charge in [-0.25, -0.2) is 0 Å². The van der Waals surface area contributed by atoms with Crippen molar-refractivity contribution >= 4 is 17.5 Å². The first-order valence-electron chi connectivity index (χ1n) is 6.67. The quantitative estimate of drug-likeness (QED) is 0.717. The van der Waals surface area contributed by atoms with Crippen molar-refractivity contribution in [3.63, 3.8) is 0 Å². The average molecular weight is 293 g/mol. The van der Waals surface area contributed by atoms with Crippen LogP contribution in [0.4, 0.5) is 5.69 Å². The molecule has 1 aromatic carbocycles. The van der Waals surface area contributed by atoms with Gasteiger partial charge in [0.1, 0.15) is 11.5 Å². The molecule has 114 valence electrons. The first kappa shape index (κ1) is 15.1. The van der Waals surface area contributed by atoms with Crippen molar-refractivity contribution in [2.24, 2.45) is 0 Å². The van der Waals surface area contributed by atoms with Crippen LogP contribution in [0.3, 0.4) is 0 Å². The number of carbonyl (C=O) groups excluding carboxylic acids is 2. The van der Waals surface area contributed by atoms with Gasteiger partial charge in [0.05, 0.1) is 32.4 Å². The summed E-state index contributed by atoms with van der Waals surface area (Å²) in [5.74, 6) is 0.730. The predicted octanol–water partition coefficient (Wildman–Crippen LogP) is 0.120. The summed E-state index contributed by atoms with van der Waals surface area (Å²) in [4.78, 5) is 23.6. The second-order valence-electron chi connectivity index (χ2n) is 4.62. The molecular formula is C14H19N3O4. The molecule has 1 aliphatic rings. The van der Waals surface area contributed by atoms with E-state index in [0.717, 1.165) is 0 Å². The third kappa shape index (κ3) is 3.85. The first-order chi connectivity index (χ1) is 10.1. The largest absolute Gasteiger partial charge is 0.497 e. The topological polar surface area (TPSA) is 88.7 Å². The molecule has 21 heavy (non-hydrogen) atoms. The summed E-state index contributed by atoms with van der Waals surface area (Å²) in [6, 6.07) is 4.61. The number of piperazine rings is 1. The average Bonchev–Trinajstić information content (AvgIpc) is 2.50. The number of hydrogen-bond acceptors (Lipinski definition) is 5. The molecule has 1 heterocycles. The van der Waals surface area contributed by atoms with Gasteiger partial charge < -0.3 is 25.4 Å². The lowest BCUT2D eigenvalue weighted by molar-refractivity contribution is -0.127. The van der Waals surface area contributed by atoms with E-state index in [4.69, 9.17) is 9.47 Å². The summed E-state index contributed by atoms with van der Waals surface area (Å²) in [5, 5.41) is 8.47. The van der Waals surface area contributed by atoms with Crippen molar-refractivity contribution < 1.29 is 19.1 Å². The lowest BCUT2D eigenvalue weighted by Gasteiger charge is -2.23. The predicted molar refractivity (Wildman–Crippen MR) is 77.6 cm³/mol. The van der Waals surface area contributed by atoms with Gasteiger partial charge in [0, 0.05) is 19.2 Å². The highest BCUT2D eigenvalue weighted by molar-refractivity contribution is 5.96. The Morgan fingerprint density at radius 1 is 1.33 bits per heavy atom. The van der Waals surface area contributed by atoms with Crippen molar-refractivity contribution in [3.8, 4) is 11.5 Å². The smallest absolute Gasteiger partial charge is 0.237 e. The molecule has 3 N–H and O–H groups in total. The van der Waals surface area contributed by atoms with Crippen LogP contribution in [-0.2, 0) is 9.59 Å². The van der Waals surface area contributed by atoms with Gasteiger partial charge in [-0.1, -0.05) is 0 Å². The lowest BCUT2D eigenvalue weighted by atomic mass is 10.1. The van der Waals surface area contributed by atoms with Crippen molar-refractivity contribution in [2.45, 2.75) is 12.5 Å². The highest BCUT2D eigenvalue weighted by atomic mass is 16.5. The Kier molecular flexibility index (Phi) is 4.99. The van der Waals surface area contributed by atoms with E-state index < -0.39 is 6.04 Å². The van der Waals surface area contributed by atoms with Crippen LogP contribution in [0.5, 0.6) is 11.5 Å². The van der Waals surface area contributed by atoms with Gasteiger partial charge in [-0.15, -0.1) is 0 Å². The van der Waals surface area contributed by atoms with Gasteiger partial charge in [-0.2, -0.15) is 0 Å². The maximum Gasteiger partial charge on any atom is 0.237 e. The summed E-state index contributed by atoms with van der Waals surface area (Å²) in [7, 11) is 3.07. The van der Waals surface area contributed by atoms with E-state index in [1.165, 1.54) is 7.11 Å². The molecule has 2 rings (SSSR count). The van der Waals surface area contributed by atoms with Crippen LogP contribution in [0.2, 0.25) is 0 Å². The monoisotopic (exact) mass is 293 g/mol. The van der Waals surface area contributed by atoms with Gasteiger partial charge in [-0.3, -0.25) is 9.59 Å². The maximum atomic E-state index is 12.0. The number of ether oxygens (including phenoxy) is 2. The lowest BCUT2D eigenvalue weighted by Crippen LogP contribution is -2.53. The van der Waals surface area contributed by atoms with E-state index in [-0.39, 0.29) is 18.2 Å². The third-order valence-electron chi connectivity index (χ3n) is 3.20. The molecule has 2 amide bonds.